The van der Waals surface area contributed by atoms with E-state index in [0.717, 1.165) is 0 Å². The molecule has 0 saturated heterocycles. The van der Waals surface area contributed by atoms with E-state index in [1.165, 1.54) is 25.7 Å². The second-order valence-corrected chi connectivity index (χ2v) is 2.74. The van der Waals surface area contributed by atoms with E-state index in [1.807, 2.05) is 13.8 Å². The summed E-state index contributed by atoms with van der Waals surface area (Å²) in [6.45, 7) is 8.47. The minimum Gasteiger partial charge on any atom is -0.0808 e. The third-order valence-corrected chi connectivity index (χ3v) is 2.12. The van der Waals surface area contributed by atoms with Gasteiger partial charge in [0.05, 0.1) is 0 Å². The highest BCUT2D eigenvalue weighted by Crippen LogP contribution is 2.23. The first-order chi connectivity index (χ1) is 5.88. The Hall–Kier alpha value is -0.520. The van der Waals surface area contributed by atoms with E-state index in [0.29, 0.717) is 0 Å². The fourth-order valence-corrected chi connectivity index (χ4v) is 1.52. The molecule has 0 heterocycles. The third kappa shape index (κ3) is 3.25. The zero-order valence-electron chi connectivity index (χ0n) is 8.98. The van der Waals surface area contributed by atoms with Gasteiger partial charge >= 0.3 is 0 Å². The predicted octanol–water partition coefficient (Wildman–Crippen LogP) is 4.48. The lowest BCUT2D eigenvalue weighted by atomic mass is 9.94. The number of rotatable bonds is 2. The molecular weight excluding hydrogens is 144 g/mol. The third-order valence-electron chi connectivity index (χ3n) is 2.12. The summed E-state index contributed by atoms with van der Waals surface area (Å²) in [5, 5.41) is 0. The molecular formula is C12H22. The molecule has 0 heteroatoms. The van der Waals surface area contributed by atoms with Crippen molar-refractivity contribution in [1.82, 2.24) is 0 Å². The quantitative estimate of drug-likeness (QED) is 0.567. The fraction of sp³-hybridized carbons (Fsp3) is 0.667. The van der Waals surface area contributed by atoms with Gasteiger partial charge in [0.25, 0.3) is 0 Å². The van der Waals surface area contributed by atoms with Crippen LogP contribution in [0.15, 0.2) is 23.3 Å². The van der Waals surface area contributed by atoms with Gasteiger partial charge in [-0.25, -0.2) is 0 Å². The van der Waals surface area contributed by atoms with Crippen LogP contribution in [-0.4, -0.2) is 0 Å². The van der Waals surface area contributed by atoms with Crippen molar-refractivity contribution in [1.29, 1.82) is 0 Å². The molecule has 1 aliphatic rings. The molecule has 0 aromatic carbocycles. The van der Waals surface area contributed by atoms with Crippen LogP contribution in [0.3, 0.4) is 0 Å². The summed E-state index contributed by atoms with van der Waals surface area (Å²) in [6.07, 6.45) is 9.70. The van der Waals surface area contributed by atoms with Gasteiger partial charge in [-0.3, -0.25) is 0 Å². The number of allylic oxidation sites excluding steroid dienone is 4. The van der Waals surface area contributed by atoms with E-state index >= 15 is 0 Å². The Kier molecular flexibility index (Phi) is 6.84. The molecule has 0 aromatic rings. The van der Waals surface area contributed by atoms with Gasteiger partial charge in [-0.1, -0.05) is 39.8 Å². The lowest BCUT2D eigenvalue weighted by molar-refractivity contribution is 0.915. The predicted molar refractivity (Wildman–Crippen MR) is 57.3 cm³/mol. The average molecular weight is 166 g/mol. The Balaban J connectivity index is 0.000000561. The number of hydrogen-bond donors (Lipinski definition) is 0. The van der Waals surface area contributed by atoms with Crippen LogP contribution >= 0.6 is 0 Å². The smallest absolute Gasteiger partial charge is 0.0308 e. The molecule has 0 saturated carbocycles. The molecule has 0 nitrogen and oxygen atoms in total. The van der Waals surface area contributed by atoms with Crippen molar-refractivity contribution in [3.8, 4) is 0 Å². The number of hydrogen-bond acceptors (Lipinski definition) is 0. The van der Waals surface area contributed by atoms with E-state index in [-0.39, 0.29) is 0 Å². The highest BCUT2D eigenvalue weighted by molar-refractivity contribution is 5.32. The molecule has 0 bridgehead atoms. The maximum atomic E-state index is 2.39. The summed E-state index contributed by atoms with van der Waals surface area (Å²) >= 11 is 0. The molecule has 0 aromatic heterocycles. The summed E-state index contributed by atoms with van der Waals surface area (Å²) in [5.74, 6) is 0. The highest BCUT2D eigenvalue weighted by Gasteiger charge is 2.03. The van der Waals surface area contributed by atoms with Gasteiger partial charge in [0.2, 0.25) is 0 Å². The van der Waals surface area contributed by atoms with E-state index in [4.69, 9.17) is 0 Å². The van der Waals surface area contributed by atoms with Crippen LogP contribution in [-0.2, 0) is 0 Å². The molecule has 0 N–H and O–H groups in total. The lowest BCUT2D eigenvalue weighted by Crippen LogP contribution is -1.92. The summed E-state index contributed by atoms with van der Waals surface area (Å²) in [7, 11) is 0. The Morgan fingerprint density at radius 3 is 1.50 bits per heavy atom. The van der Waals surface area contributed by atoms with Crippen LogP contribution in [0.2, 0.25) is 0 Å². The molecule has 0 fully saturated rings. The van der Waals surface area contributed by atoms with Crippen LogP contribution < -0.4 is 0 Å². The first-order valence-electron chi connectivity index (χ1n) is 5.27. The second-order valence-electron chi connectivity index (χ2n) is 2.74. The van der Waals surface area contributed by atoms with Crippen molar-refractivity contribution in [3.63, 3.8) is 0 Å². The van der Waals surface area contributed by atoms with E-state index in [9.17, 15) is 0 Å². The van der Waals surface area contributed by atoms with Gasteiger partial charge in [-0.05, 0) is 36.8 Å². The maximum Gasteiger partial charge on any atom is -0.0308 e. The van der Waals surface area contributed by atoms with Gasteiger partial charge in [-0.2, -0.15) is 0 Å². The van der Waals surface area contributed by atoms with E-state index < -0.39 is 0 Å². The van der Waals surface area contributed by atoms with Crippen LogP contribution in [0.1, 0.15) is 53.4 Å². The Morgan fingerprint density at radius 1 is 0.917 bits per heavy atom. The van der Waals surface area contributed by atoms with Crippen LogP contribution in [0.25, 0.3) is 0 Å². The van der Waals surface area contributed by atoms with Crippen molar-refractivity contribution >= 4 is 0 Å². The van der Waals surface area contributed by atoms with Gasteiger partial charge in [0.1, 0.15) is 0 Å². The molecule has 0 aliphatic heterocycles. The minimum atomic E-state index is 1.21. The molecule has 12 heavy (non-hydrogen) atoms. The SMILES string of the molecule is CC.CCC1=CCCC=C1CC. The first-order valence-corrected chi connectivity index (χ1v) is 5.27. The van der Waals surface area contributed by atoms with Gasteiger partial charge in [0.15, 0.2) is 0 Å². The zero-order valence-corrected chi connectivity index (χ0v) is 8.98. The summed E-state index contributed by atoms with van der Waals surface area (Å²) in [6, 6.07) is 0. The van der Waals surface area contributed by atoms with Crippen molar-refractivity contribution in [2.75, 3.05) is 0 Å². The molecule has 70 valence electrons. The molecule has 0 atom stereocenters. The zero-order chi connectivity index (χ0) is 9.40. The van der Waals surface area contributed by atoms with Crippen LogP contribution in [0.4, 0.5) is 0 Å². The van der Waals surface area contributed by atoms with Gasteiger partial charge in [0, 0.05) is 0 Å². The lowest BCUT2D eigenvalue weighted by Gasteiger charge is -2.12. The van der Waals surface area contributed by atoms with Crippen LogP contribution in [0.5, 0.6) is 0 Å². The average Bonchev–Trinajstić information content (AvgIpc) is 2.20. The van der Waals surface area contributed by atoms with Crippen molar-refractivity contribution < 1.29 is 0 Å². The van der Waals surface area contributed by atoms with Gasteiger partial charge < -0.3 is 0 Å². The van der Waals surface area contributed by atoms with E-state index in [1.54, 1.807) is 11.1 Å². The summed E-state index contributed by atoms with van der Waals surface area (Å²) < 4.78 is 0. The standard InChI is InChI=1S/C10H16.C2H6/c1-3-9-7-5-6-8-10(9)4-2;1-2/h7-8H,3-6H2,1-2H3;1-2H3. The minimum absolute atomic E-state index is 1.21. The molecule has 1 rings (SSSR count). The molecule has 1 aliphatic carbocycles. The summed E-state index contributed by atoms with van der Waals surface area (Å²) in [4.78, 5) is 0. The van der Waals surface area contributed by atoms with Gasteiger partial charge in [-0.15, -0.1) is 0 Å². The Labute approximate surface area is 77.4 Å². The first kappa shape index (κ1) is 11.5. The van der Waals surface area contributed by atoms with Crippen LogP contribution in [0, 0.1) is 0 Å². The summed E-state index contributed by atoms with van der Waals surface area (Å²) in [5.41, 5.74) is 3.16. The largest absolute Gasteiger partial charge is 0.0808 e. The van der Waals surface area contributed by atoms with Crippen molar-refractivity contribution in [2.45, 2.75) is 53.4 Å². The van der Waals surface area contributed by atoms with Crippen molar-refractivity contribution in [3.05, 3.63) is 23.3 Å². The maximum absolute atomic E-state index is 2.39. The monoisotopic (exact) mass is 166 g/mol. The normalized spacial score (nSPS) is 15.7. The van der Waals surface area contributed by atoms with E-state index in [2.05, 4.69) is 26.0 Å². The second kappa shape index (κ2) is 7.15. The molecule has 0 amide bonds. The topological polar surface area (TPSA) is 0 Å². The fourth-order valence-electron chi connectivity index (χ4n) is 1.52. The highest BCUT2D eigenvalue weighted by atomic mass is 14.1. The molecule has 0 unspecified atom stereocenters. The Bertz CT molecular complexity index is 141. The molecule has 0 radical (unpaired) electrons. The van der Waals surface area contributed by atoms with Crippen molar-refractivity contribution in [2.24, 2.45) is 0 Å². The molecule has 0 spiro atoms. The Morgan fingerprint density at radius 2 is 1.25 bits per heavy atom.